The molecule has 0 fully saturated rings. The summed E-state index contributed by atoms with van der Waals surface area (Å²) in [6.07, 6.45) is 0. The number of carbonyl (C=O) groups excluding carboxylic acids is 1. The van der Waals surface area contributed by atoms with E-state index in [9.17, 15) is 9.59 Å². The van der Waals surface area contributed by atoms with Crippen molar-refractivity contribution in [2.24, 2.45) is 0 Å². The average Bonchev–Trinajstić information content (AvgIpc) is 2.28. The zero-order valence-corrected chi connectivity index (χ0v) is 12.7. The number of methoxy groups -OCH3 is 1. The van der Waals surface area contributed by atoms with E-state index in [0.717, 1.165) is 0 Å². The summed E-state index contributed by atoms with van der Waals surface area (Å²) in [5, 5.41) is 11.4. The van der Waals surface area contributed by atoms with Crippen LogP contribution in [0, 0.1) is 0 Å². The molecule has 0 radical (unpaired) electrons. The van der Waals surface area contributed by atoms with Gasteiger partial charge in [0.15, 0.2) is 6.04 Å². The van der Waals surface area contributed by atoms with Crippen molar-refractivity contribution in [3.8, 4) is 0 Å². The van der Waals surface area contributed by atoms with Crippen LogP contribution in [0.4, 0.5) is 0 Å². The average molecular weight is 293 g/mol. The largest absolute Gasteiger partial charge is 0.480 e. The lowest BCUT2D eigenvalue weighted by Crippen LogP contribution is -2.46. The van der Waals surface area contributed by atoms with Crippen molar-refractivity contribution in [3.63, 3.8) is 0 Å². The van der Waals surface area contributed by atoms with Crippen LogP contribution in [-0.4, -0.2) is 60.5 Å². The SMILES string of the molecule is COCCSCC(=O)N[C@@H](COC(C)(C)C)C(=O)O. The van der Waals surface area contributed by atoms with E-state index in [0.29, 0.717) is 12.4 Å². The molecule has 0 aromatic heterocycles. The summed E-state index contributed by atoms with van der Waals surface area (Å²) in [5.74, 6) is -0.506. The quantitative estimate of drug-likeness (QED) is 0.610. The van der Waals surface area contributed by atoms with E-state index < -0.39 is 17.6 Å². The normalized spacial score (nSPS) is 13.1. The number of thioether (sulfide) groups is 1. The van der Waals surface area contributed by atoms with Gasteiger partial charge in [0.05, 0.1) is 24.6 Å². The second-order valence-electron chi connectivity index (χ2n) is 4.93. The molecule has 0 rings (SSSR count). The lowest BCUT2D eigenvalue weighted by molar-refractivity contribution is -0.145. The number of ether oxygens (including phenoxy) is 2. The van der Waals surface area contributed by atoms with E-state index in [4.69, 9.17) is 14.6 Å². The second kappa shape index (κ2) is 9.17. The van der Waals surface area contributed by atoms with Crippen LogP contribution in [0.15, 0.2) is 0 Å². The van der Waals surface area contributed by atoms with Crippen molar-refractivity contribution in [1.82, 2.24) is 5.32 Å². The van der Waals surface area contributed by atoms with Crippen LogP contribution in [0.5, 0.6) is 0 Å². The molecule has 2 N–H and O–H groups in total. The fraction of sp³-hybridized carbons (Fsp3) is 0.833. The van der Waals surface area contributed by atoms with Gasteiger partial charge in [0.2, 0.25) is 5.91 Å². The fourth-order valence-electron chi connectivity index (χ4n) is 1.05. The Morgan fingerprint density at radius 2 is 2.00 bits per heavy atom. The summed E-state index contributed by atoms with van der Waals surface area (Å²) >= 11 is 1.39. The Kier molecular flexibility index (Phi) is 8.79. The minimum absolute atomic E-state index is 0.0483. The number of hydrogen-bond acceptors (Lipinski definition) is 5. The summed E-state index contributed by atoms with van der Waals surface area (Å²) in [5.41, 5.74) is -0.439. The summed E-state index contributed by atoms with van der Waals surface area (Å²) in [6.45, 7) is 6.00. The number of hydrogen-bond donors (Lipinski definition) is 2. The number of rotatable bonds is 9. The Bertz CT molecular complexity index is 290. The minimum atomic E-state index is -1.10. The highest BCUT2D eigenvalue weighted by Gasteiger charge is 2.22. The third kappa shape index (κ3) is 10.8. The van der Waals surface area contributed by atoms with Gasteiger partial charge in [-0.3, -0.25) is 4.79 Å². The molecule has 1 atom stereocenters. The lowest BCUT2D eigenvalue weighted by Gasteiger charge is -2.23. The van der Waals surface area contributed by atoms with Crippen molar-refractivity contribution in [1.29, 1.82) is 0 Å². The number of carbonyl (C=O) groups is 2. The fourth-order valence-corrected chi connectivity index (χ4v) is 1.75. The smallest absolute Gasteiger partial charge is 0.328 e. The Morgan fingerprint density at radius 3 is 2.47 bits per heavy atom. The lowest BCUT2D eigenvalue weighted by atomic mass is 10.2. The maximum Gasteiger partial charge on any atom is 0.328 e. The third-order valence-corrected chi connectivity index (χ3v) is 2.90. The van der Waals surface area contributed by atoms with Crippen LogP contribution in [-0.2, 0) is 19.1 Å². The molecule has 0 aromatic carbocycles. The Labute approximate surface area is 118 Å². The summed E-state index contributed by atoms with van der Waals surface area (Å²) in [7, 11) is 1.59. The molecule has 0 aliphatic carbocycles. The third-order valence-electron chi connectivity index (χ3n) is 1.98. The van der Waals surface area contributed by atoms with E-state index in [1.165, 1.54) is 11.8 Å². The Hall–Kier alpha value is -0.790. The van der Waals surface area contributed by atoms with Gasteiger partial charge in [0.1, 0.15) is 0 Å². The number of aliphatic carboxylic acids is 1. The van der Waals surface area contributed by atoms with Gasteiger partial charge in [-0.2, -0.15) is 0 Å². The van der Waals surface area contributed by atoms with E-state index >= 15 is 0 Å². The minimum Gasteiger partial charge on any atom is -0.480 e. The van der Waals surface area contributed by atoms with Gasteiger partial charge in [-0.1, -0.05) is 0 Å². The van der Waals surface area contributed by atoms with Crippen LogP contribution in [0.3, 0.4) is 0 Å². The molecule has 0 unspecified atom stereocenters. The Balaban J connectivity index is 4.05. The predicted molar refractivity (Wildman–Crippen MR) is 74.5 cm³/mol. The molecular weight excluding hydrogens is 270 g/mol. The number of carboxylic acid groups (broad SMARTS) is 1. The van der Waals surface area contributed by atoms with Crippen LogP contribution >= 0.6 is 11.8 Å². The summed E-state index contributed by atoms with van der Waals surface area (Å²) in [4.78, 5) is 22.6. The van der Waals surface area contributed by atoms with Gasteiger partial charge < -0.3 is 19.9 Å². The molecule has 0 aliphatic heterocycles. The highest BCUT2D eigenvalue weighted by Crippen LogP contribution is 2.07. The van der Waals surface area contributed by atoms with Crippen LogP contribution in [0.25, 0.3) is 0 Å². The molecule has 0 saturated heterocycles. The van der Waals surface area contributed by atoms with Crippen molar-refractivity contribution in [2.75, 3.05) is 31.8 Å². The molecule has 0 bridgehead atoms. The van der Waals surface area contributed by atoms with Gasteiger partial charge in [0, 0.05) is 12.9 Å². The molecule has 0 spiro atoms. The van der Waals surface area contributed by atoms with Crippen molar-refractivity contribution >= 4 is 23.6 Å². The van der Waals surface area contributed by atoms with Gasteiger partial charge in [0.25, 0.3) is 0 Å². The monoisotopic (exact) mass is 293 g/mol. The van der Waals surface area contributed by atoms with Crippen LogP contribution in [0.1, 0.15) is 20.8 Å². The summed E-state index contributed by atoms with van der Waals surface area (Å²) in [6, 6.07) is -1.02. The van der Waals surface area contributed by atoms with Gasteiger partial charge in [-0.05, 0) is 20.8 Å². The highest BCUT2D eigenvalue weighted by molar-refractivity contribution is 7.99. The number of amides is 1. The maximum atomic E-state index is 11.6. The van der Waals surface area contributed by atoms with Gasteiger partial charge in [-0.25, -0.2) is 4.79 Å². The Morgan fingerprint density at radius 1 is 1.37 bits per heavy atom. The molecule has 19 heavy (non-hydrogen) atoms. The number of nitrogens with one attached hydrogen (secondary N) is 1. The molecule has 0 saturated carbocycles. The van der Waals surface area contributed by atoms with Crippen molar-refractivity contribution < 1.29 is 24.2 Å². The first-order chi connectivity index (χ1) is 8.76. The molecule has 1 amide bonds. The van der Waals surface area contributed by atoms with Crippen LogP contribution in [0.2, 0.25) is 0 Å². The first-order valence-electron chi connectivity index (χ1n) is 5.99. The van der Waals surface area contributed by atoms with Gasteiger partial charge in [-0.15, -0.1) is 11.8 Å². The topological polar surface area (TPSA) is 84.9 Å². The highest BCUT2D eigenvalue weighted by atomic mass is 32.2. The van der Waals surface area contributed by atoms with E-state index in [1.807, 2.05) is 20.8 Å². The van der Waals surface area contributed by atoms with E-state index in [2.05, 4.69) is 5.32 Å². The molecule has 7 heteroatoms. The predicted octanol–water partition coefficient (Wildman–Crippen LogP) is 0.750. The molecule has 6 nitrogen and oxygen atoms in total. The standard InChI is InChI=1S/C12H23NO5S/c1-12(2,3)18-7-9(11(15)16)13-10(14)8-19-6-5-17-4/h9H,5-8H2,1-4H3,(H,13,14)(H,15,16)/t9-/m0/s1. The zero-order chi connectivity index (χ0) is 14.9. The van der Waals surface area contributed by atoms with Crippen molar-refractivity contribution in [3.05, 3.63) is 0 Å². The first kappa shape index (κ1) is 18.2. The molecular formula is C12H23NO5S. The van der Waals surface area contributed by atoms with E-state index in [1.54, 1.807) is 7.11 Å². The van der Waals surface area contributed by atoms with Crippen LogP contribution < -0.4 is 5.32 Å². The van der Waals surface area contributed by atoms with E-state index in [-0.39, 0.29) is 18.3 Å². The van der Waals surface area contributed by atoms with Crippen molar-refractivity contribution in [2.45, 2.75) is 32.4 Å². The molecule has 112 valence electrons. The molecule has 0 aromatic rings. The number of carboxylic acids is 1. The zero-order valence-electron chi connectivity index (χ0n) is 11.9. The maximum absolute atomic E-state index is 11.6. The first-order valence-corrected chi connectivity index (χ1v) is 7.14. The molecule has 0 heterocycles. The summed E-state index contributed by atoms with van der Waals surface area (Å²) < 4.78 is 10.2. The van der Waals surface area contributed by atoms with Gasteiger partial charge >= 0.3 is 5.97 Å². The second-order valence-corrected chi connectivity index (χ2v) is 6.03. The molecule has 0 aliphatic rings.